The van der Waals surface area contributed by atoms with Gasteiger partial charge in [0.25, 0.3) is 25.2 Å². The highest BCUT2D eigenvalue weighted by atomic mass is 32.2. The van der Waals surface area contributed by atoms with Gasteiger partial charge in [-0.15, -0.1) is 11.3 Å². The van der Waals surface area contributed by atoms with Crippen molar-refractivity contribution in [2.24, 2.45) is 0 Å². The molecule has 8 rings (SSSR count). The Morgan fingerprint density at radius 3 is 2.32 bits per heavy atom. The molecule has 254 valence electrons. The Bertz CT molecular complexity index is 2720. The van der Waals surface area contributed by atoms with Crippen molar-refractivity contribution < 1.29 is 35.2 Å². The van der Waals surface area contributed by atoms with Crippen molar-refractivity contribution in [1.29, 1.82) is 0 Å². The van der Waals surface area contributed by atoms with E-state index in [-0.39, 0.29) is 25.1 Å². The van der Waals surface area contributed by atoms with Gasteiger partial charge in [-0.1, -0.05) is 72.0 Å². The average molecular weight is 744 g/mol. The third kappa shape index (κ3) is 6.36. The Morgan fingerprint density at radius 2 is 1.50 bits per heavy atom. The molecule has 0 unspecified atom stereocenters. The van der Waals surface area contributed by atoms with Crippen molar-refractivity contribution in [2.45, 2.75) is 19.4 Å². The van der Waals surface area contributed by atoms with Gasteiger partial charge < -0.3 is 9.64 Å². The van der Waals surface area contributed by atoms with E-state index in [0.29, 0.717) is 18.2 Å². The molecule has 5 aromatic carbocycles. The number of rotatable bonds is 10. The maximum absolute atomic E-state index is 11.7. The molecular formula is C37H31N2O7S4+. The predicted octanol–water partition coefficient (Wildman–Crippen LogP) is 8.13. The van der Waals surface area contributed by atoms with Crippen LogP contribution in [0.1, 0.15) is 17.8 Å². The molecule has 0 radical (unpaired) electrons. The van der Waals surface area contributed by atoms with Gasteiger partial charge in [0.05, 0.1) is 28.7 Å². The molecule has 0 amide bonds. The normalized spacial score (nSPS) is 14.4. The molecule has 1 aliphatic heterocycles. The zero-order valence-corrected chi connectivity index (χ0v) is 29.8. The van der Waals surface area contributed by atoms with E-state index in [1.807, 2.05) is 53.4 Å². The number of thiophene rings is 1. The van der Waals surface area contributed by atoms with Gasteiger partial charge in [-0.2, -0.15) is 21.4 Å². The monoisotopic (exact) mass is 743 g/mol. The van der Waals surface area contributed by atoms with E-state index in [4.69, 9.17) is 4.74 Å². The van der Waals surface area contributed by atoms with Gasteiger partial charge in [0.15, 0.2) is 12.3 Å². The lowest BCUT2D eigenvalue weighted by molar-refractivity contribution is -0.667. The summed E-state index contributed by atoms with van der Waals surface area (Å²) in [6.45, 7) is 0.574. The second kappa shape index (κ2) is 12.7. The van der Waals surface area contributed by atoms with Crippen LogP contribution in [0.2, 0.25) is 0 Å². The van der Waals surface area contributed by atoms with E-state index in [1.165, 1.54) is 16.0 Å². The van der Waals surface area contributed by atoms with E-state index < -0.39 is 26.0 Å². The average Bonchev–Trinajstić information content (AvgIpc) is 3.77. The maximum Gasteiger partial charge on any atom is 0.268 e. The molecule has 0 aliphatic carbocycles. The standard InChI is InChI=1S/C37H30N2O7S4/c40-49(41,42)19-5-17-38-31-21-25(30-23-47-33-10-4-3-9-28(30)33)12-15-32(31)46-35(38)22-36-39(18-6-20-50(43,44)45)37-29-13-11-24-7-1-2-8-26(24)27(29)14-16-34(37)48-36/h1-4,7-16,21-23H,5-6,17-20H2,(H-,40,41,42,43,44,45)/p+1. The van der Waals surface area contributed by atoms with Gasteiger partial charge in [0, 0.05) is 28.6 Å². The molecule has 9 nitrogen and oxygen atoms in total. The number of thiazole rings is 1. The summed E-state index contributed by atoms with van der Waals surface area (Å²) in [4.78, 5) is 1.93. The summed E-state index contributed by atoms with van der Waals surface area (Å²) >= 11 is 3.20. The third-order valence-electron chi connectivity index (χ3n) is 8.95. The van der Waals surface area contributed by atoms with Crippen molar-refractivity contribution in [2.75, 3.05) is 23.0 Å². The summed E-state index contributed by atoms with van der Waals surface area (Å²) < 4.78 is 76.6. The number of anilines is 1. The fourth-order valence-corrected chi connectivity index (χ4v) is 9.83. The Kier molecular flexibility index (Phi) is 8.37. The first-order chi connectivity index (χ1) is 24.0. The van der Waals surface area contributed by atoms with Gasteiger partial charge in [-0.25, -0.2) is 0 Å². The lowest BCUT2D eigenvalue weighted by Crippen LogP contribution is -2.36. The molecule has 7 aromatic rings. The minimum atomic E-state index is -4.18. The Labute approximate surface area is 296 Å². The molecule has 13 heteroatoms. The number of ether oxygens (including phenoxy) is 1. The van der Waals surface area contributed by atoms with E-state index in [9.17, 15) is 25.9 Å². The number of fused-ring (bicyclic) bond motifs is 7. The highest BCUT2D eigenvalue weighted by Gasteiger charge is 2.31. The summed E-state index contributed by atoms with van der Waals surface area (Å²) in [5.74, 6) is 0.305. The molecule has 0 atom stereocenters. The zero-order valence-electron chi connectivity index (χ0n) is 26.5. The van der Waals surface area contributed by atoms with E-state index in [1.54, 1.807) is 11.3 Å². The van der Waals surface area contributed by atoms with Crippen LogP contribution in [0.5, 0.6) is 5.75 Å². The van der Waals surface area contributed by atoms with Crippen molar-refractivity contribution in [3.63, 3.8) is 0 Å². The summed E-state index contributed by atoms with van der Waals surface area (Å²) in [6.07, 6.45) is 2.24. The molecule has 0 spiro atoms. The van der Waals surface area contributed by atoms with Crippen LogP contribution in [-0.2, 0) is 26.8 Å². The summed E-state index contributed by atoms with van der Waals surface area (Å²) in [7, 11) is -8.35. The Balaban J connectivity index is 1.26. The molecule has 2 N–H and O–H groups in total. The number of hydrogen-bond donors (Lipinski definition) is 2. The number of nitrogens with zero attached hydrogens (tertiary/aromatic N) is 2. The van der Waals surface area contributed by atoms with Gasteiger partial charge in [0.1, 0.15) is 4.70 Å². The molecule has 0 saturated heterocycles. The van der Waals surface area contributed by atoms with Crippen molar-refractivity contribution >= 4 is 96.5 Å². The molecule has 3 heterocycles. The van der Waals surface area contributed by atoms with Gasteiger partial charge in [0.2, 0.25) is 11.4 Å². The Morgan fingerprint density at radius 1 is 0.760 bits per heavy atom. The lowest BCUT2D eigenvalue weighted by Gasteiger charge is -2.18. The SMILES string of the molecule is O=S(=O)(O)CCCN1/C(=C/c2sc3ccc4c5ccccc5ccc4c3[n+]2CCCS(=O)(=O)O)Oc2ccc(-c3csc4ccccc34)cc21. The first-order valence-corrected chi connectivity index (χ1v) is 20.9. The zero-order chi connectivity index (χ0) is 34.6. The fourth-order valence-electron chi connectivity index (χ4n) is 6.74. The smallest absolute Gasteiger partial charge is 0.268 e. The Hall–Kier alpha value is -4.37. The predicted molar refractivity (Wildman–Crippen MR) is 202 cm³/mol. The molecule has 1 aliphatic rings. The quantitative estimate of drug-likeness (QED) is 0.0818. The van der Waals surface area contributed by atoms with E-state index in [2.05, 4.69) is 58.5 Å². The minimum absolute atomic E-state index is 0.156. The highest BCUT2D eigenvalue weighted by molar-refractivity contribution is 7.86. The van der Waals surface area contributed by atoms with Crippen LogP contribution in [0, 0.1) is 0 Å². The second-order valence-electron chi connectivity index (χ2n) is 12.2. The van der Waals surface area contributed by atoms with Gasteiger partial charge in [-0.05, 0) is 63.9 Å². The van der Waals surface area contributed by atoms with Crippen LogP contribution in [0.3, 0.4) is 0 Å². The van der Waals surface area contributed by atoms with Crippen molar-refractivity contribution in [3.8, 4) is 16.9 Å². The largest absolute Gasteiger partial charge is 0.438 e. The summed E-state index contributed by atoms with van der Waals surface area (Å²) in [5.41, 5.74) is 3.80. The number of aryl methyl sites for hydroxylation is 1. The maximum atomic E-state index is 11.7. The van der Waals surface area contributed by atoms with Gasteiger partial charge >= 0.3 is 0 Å². The van der Waals surface area contributed by atoms with Crippen LogP contribution in [-0.4, -0.2) is 44.0 Å². The third-order valence-corrected chi connectivity index (χ3v) is 12.6. The van der Waals surface area contributed by atoms with Crippen molar-refractivity contribution in [3.05, 3.63) is 107 Å². The number of benzene rings is 5. The van der Waals surface area contributed by atoms with Crippen LogP contribution in [0.4, 0.5) is 5.69 Å². The number of aromatic nitrogens is 1. The lowest BCUT2D eigenvalue weighted by atomic mass is 10.0. The second-order valence-corrected chi connectivity index (χ2v) is 17.3. The van der Waals surface area contributed by atoms with E-state index in [0.717, 1.165) is 59.0 Å². The molecule has 0 fully saturated rings. The molecular weight excluding hydrogens is 713 g/mol. The number of hydrogen-bond acceptors (Lipinski definition) is 8. The fraction of sp³-hybridized carbons (Fsp3) is 0.162. The summed E-state index contributed by atoms with van der Waals surface area (Å²) in [5, 5.41) is 8.37. The van der Waals surface area contributed by atoms with Crippen molar-refractivity contribution in [1.82, 2.24) is 0 Å². The van der Waals surface area contributed by atoms with Gasteiger partial charge in [-0.3, -0.25) is 9.11 Å². The summed E-state index contributed by atoms with van der Waals surface area (Å²) in [6, 6.07) is 30.7. The van der Waals surface area contributed by atoms with Crippen LogP contribution >= 0.6 is 22.7 Å². The van der Waals surface area contributed by atoms with Crippen LogP contribution in [0.25, 0.3) is 59.1 Å². The molecule has 2 aromatic heterocycles. The molecule has 0 saturated carbocycles. The van der Waals surface area contributed by atoms with Crippen LogP contribution in [0.15, 0.2) is 102 Å². The van der Waals surface area contributed by atoms with E-state index >= 15 is 0 Å². The minimum Gasteiger partial charge on any atom is -0.438 e. The van der Waals surface area contributed by atoms with Crippen LogP contribution < -0.4 is 14.2 Å². The first kappa shape index (κ1) is 32.8. The topological polar surface area (TPSA) is 125 Å². The highest BCUT2D eigenvalue weighted by Crippen LogP contribution is 2.44. The molecule has 50 heavy (non-hydrogen) atoms. The molecule has 0 bridgehead atoms. The first-order valence-electron chi connectivity index (χ1n) is 16.0.